The van der Waals surface area contributed by atoms with Crippen molar-refractivity contribution in [2.75, 3.05) is 7.11 Å². The molecule has 0 bridgehead atoms. The van der Waals surface area contributed by atoms with Gasteiger partial charge in [0.05, 0.1) is 18.1 Å². The van der Waals surface area contributed by atoms with Crippen LogP contribution in [0.4, 0.5) is 0 Å². The third kappa shape index (κ3) is 2.40. The van der Waals surface area contributed by atoms with Crippen molar-refractivity contribution in [2.24, 2.45) is 5.92 Å². The number of fused-ring (bicyclic) bond motifs is 5. The molecule has 0 amide bonds. The number of nitrogens with zero attached hydrogens (tertiary/aromatic N) is 4. The Morgan fingerprint density at radius 2 is 2.23 bits per heavy atom. The Kier molecular flexibility index (Phi) is 3.65. The highest BCUT2D eigenvalue weighted by atomic mass is 35.5. The van der Waals surface area contributed by atoms with Gasteiger partial charge in [0.25, 0.3) is 0 Å². The Morgan fingerprint density at radius 3 is 3.08 bits per heavy atom. The van der Waals surface area contributed by atoms with Crippen molar-refractivity contribution in [1.29, 1.82) is 0 Å². The highest BCUT2D eigenvalue weighted by Gasteiger charge is 2.24. The van der Waals surface area contributed by atoms with Crippen LogP contribution < -0.4 is 4.74 Å². The maximum Gasteiger partial charge on any atom is 0.186 e. The number of aryl methyl sites for hydroxylation is 1. The molecule has 0 aliphatic heterocycles. The SMILES string of the molecule is COc1ccc(Cl)cc1-c1nc2c3c4c(sc3ncn2n1)C[C@@H](C)CC4. The molecule has 7 heteroatoms. The normalized spacial score (nSPS) is 17.0. The smallest absolute Gasteiger partial charge is 0.186 e. The molecule has 0 saturated carbocycles. The number of halogens is 1. The van der Waals surface area contributed by atoms with E-state index in [2.05, 4.69) is 17.0 Å². The van der Waals surface area contributed by atoms with Gasteiger partial charge in [0.15, 0.2) is 11.5 Å². The second-order valence-electron chi connectivity index (χ2n) is 6.82. The molecule has 4 aromatic rings. The molecule has 132 valence electrons. The quantitative estimate of drug-likeness (QED) is 0.498. The van der Waals surface area contributed by atoms with E-state index < -0.39 is 0 Å². The lowest BCUT2D eigenvalue weighted by Gasteiger charge is -2.17. The molecule has 0 unspecified atom stereocenters. The number of rotatable bonds is 2. The molecule has 3 aromatic heterocycles. The molecule has 0 spiro atoms. The lowest BCUT2D eigenvalue weighted by Crippen LogP contribution is -2.08. The van der Waals surface area contributed by atoms with Gasteiger partial charge in [-0.05, 0) is 48.9 Å². The van der Waals surface area contributed by atoms with Crippen LogP contribution in [-0.4, -0.2) is 26.7 Å². The van der Waals surface area contributed by atoms with Gasteiger partial charge in [-0.15, -0.1) is 16.4 Å². The lowest BCUT2D eigenvalue weighted by atomic mass is 9.89. The van der Waals surface area contributed by atoms with E-state index in [0.717, 1.165) is 40.2 Å². The van der Waals surface area contributed by atoms with Crippen molar-refractivity contribution in [3.63, 3.8) is 0 Å². The Hall–Kier alpha value is -2.18. The summed E-state index contributed by atoms with van der Waals surface area (Å²) >= 11 is 7.98. The van der Waals surface area contributed by atoms with Crippen LogP contribution in [0.15, 0.2) is 24.5 Å². The molecular weight excluding hydrogens is 368 g/mol. The summed E-state index contributed by atoms with van der Waals surface area (Å²) in [6.45, 7) is 2.32. The van der Waals surface area contributed by atoms with Gasteiger partial charge in [-0.3, -0.25) is 0 Å². The summed E-state index contributed by atoms with van der Waals surface area (Å²) in [5.74, 6) is 2.04. The molecule has 1 atom stereocenters. The van der Waals surface area contributed by atoms with Crippen molar-refractivity contribution in [1.82, 2.24) is 19.6 Å². The summed E-state index contributed by atoms with van der Waals surface area (Å²) < 4.78 is 7.23. The van der Waals surface area contributed by atoms with Crippen LogP contribution in [-0.2, 0) is 12.8 Å². The van der Waals surface area contributed by atoms with Gasteiger partial charge >= 0.3 is 0 Å². The Bertz CT molecular complexity index is 1150. The number of methoxy groups -OCH3 is 1. The highest BCUT2D eigenvalue weighted by molar-refractivity contribution is 7.19. The van der Waals surface area contributed by atoms with E-state index in [1.165, 1.54) is 16.9 Å². The highest BCUT2D eigenvalue weighted by Crippen LogP contribution is 2.39. The van der Waals surface area contributed by atoms with Crippen molar-refractivity contribution in [3.05, 3.63) is 40.0 Å². The molecule has 1 aromatic carbocycles. The molecule has 26 heavy (non-hydrogen) atoms. The average molecular weight is 385 g/mol. The number of hydrogen-bond acceptors (Lipinski definition) is 5. The minimum Gasteiger partial charge on any atom is -0.496 e. The van der Waals surface area contributed by atoms with Gasteiger partial charge in [0, 0.05) is 9.90 Å². The monoisotopic (exact) mass is 384 g/mol. The zero-order valence-corrected chi connectivity index (χ0v) is 16.1. The van der Waals surface area contributed by atoms with Gasteiger partial charge in [-0.2, -0.15) is 0 Å². The van der Waals surface area contributed by atoms with Gasteiger partial charge in [0.2, 0.25) is 0 Å². The predicted molar refractivity (Wildman–Crippen MR) is 104 cm³/mol. The van der Waals surface area contributed by atoms with E-state index in [9.17, 15) is 0 Å². The van der Waals surface area contributed by atoms with E-state index in [0.29, 0.717) is 16.6 Å². The first-order valence-electron chi connectivity index (χ1n) is 8.63. The number of ether oxygens (including phenoxy) is 1. The van der Waals surface area contributed by atoms with Crippen LogP contribution >= 0.6 is 22.9 Å². The van der Waals surface area contributed by atoms with Crippen LogP contribution in [0.25, 0.3) is 27.3 Å². The molecule has 5 rings (SSSR count). The van der Waals surface area contributed by atoms with Gasteiger partial charge in [0.1, 0.15) is 16.9 Å². The van der Waals surface area contributed by atoms with Crippen LogP contribution in [0.2, 0.25) is 5.02 Å². The van der Waals surface area contributed by atoms with Crippen LogP contribution in [0.3, 0.4) is 0 Å². The summed E-state index contributed by atoms with van der Waals surface area (Å²) in [4.78, 5) is 12.0. The van der Waals surface area contributed by atoms with E-state index >= 15 is 0 Å². The van der Waals surface area contributed by atoms with E-state index in [1.54, 1.807) is 35.4 Å². The molecule has 1 aliphatic rings. The largest absolute Gasteiger partial charge is 0.496 e. The van der Waals surface area contributed by atoms with E-state index in [4.69, 9.17) is 21.3 Å². The van der Waals surface area contributed by atoms with Crippen molar-refractivity contribution >= 4 is 38.8 Å². The Balaban J connectivity index is 1.76. The van der Waals surface area contributed by atoms with Gasteiger partial charge in [-0.1, -0.05) is 18.5 Å². The second kappa shape index (κ2) is 5.93. The van der Waals surface area contributed by atoms with Crippen LogP contribution in [0.5, 0.6) is 5.75 Å². The Labute approximate surface area is 159 Å². The molecule has 1 aliphatic carbocycles. The summed E-state index contributed by atoms with van der Waals surface area (Å²) in [7, 11) is 1.64. The van der Waals surface area contributed by atoms with Crippen molar-refractivity contribution in [3.8, 4) is 17.1 Å². The lowest BCUT2D eigenvalue weighted by molar-refractivity contribution is 0.416. The number of hydrogen-bond donors (Lipinski definition) is 0. The maximum atomic E-state index is 6.18. The van der Waals surface area contributed by atoms with Gasteiger partial charge in [-0.25, -0.2) is 14.5 Å². The molecule has 0 fully saturated rings. The van der Waals surface area contributed by atoms with E-state index in [-0.39, 0.29) is 0 Å². The van der Waals surface area contributed by atoms with Crippen LogP contribution in [0.1, 0.15) is 23.8 Å². The topological polar surface area (TPSA) is 52.3 Å². The number of thiophene rings is 1. The minimum absolute atomic E-state index is 0.600. The molecule has 5 nitrogen and oxygen atoms in total. The average Bonchev–Trinajstić information content (AvgIpc) is 3.21. The first kappa shape index (κ1) is 16.0. The Morgan fingerprint density at radius 1 is 1.35 bits per heavy atom. The van der Waals surface area contributed by atoms with Crippen LogP contribution in [0, 0.1) is 5.92 Å². The molecule has 3 heterocycles. The zero-order chi connectivity index (χ0) is 17.8. The third-order valence-electron chi connectivity index (χ3n) is 5.03. The minimum atomic E-state index is 0.600. The summed E-state index contributed by atoms with van der Waals surface area (Å²) in [5, 5.41) is 6.42. The summed E-state index contributed by atoms with van der Waals surface area (Å²) in [5.41, 5.74) is 3.05. The standard InChI is InChI=1S/C19H17ClN4OS/c1-10-3-5-12-15(7-10)26-19-16(12)18-22-17(23-24(18)9-21-19)13-8-11(20)4-6-14(13)25-2/h4,6,8-10H,3,5,7H2,1-2H3/t10-/m0/s1. The maximum absolute atomic E-state index is 6.18. The number of benzene rings is 1. The van der Waals surface area contributed by atoms with E-state index in [1.807, 2.05) is 12.1 Å². The summed E-state index contributed by atoms with van der Waals surface area (Å²) in [6, 6.07) is 5.48. The van der Waals surface area contributed by atoms with Crippen molar-refractivity contribution in [2.45, 2.75) is 26.2 Å². The first-order chi connectivity index (χ1) is 12.6. The third-order valence-corrected chi connectivity index (χ3v) is 6.43. The second-order valence-corrected chi connectivity index (χ2v) is 8.34. The fourth-order valence-corrected chi connectivity index (χ4v) is 5.23. The molecule has 0 saturated heterocycles. The molecule has 0 N–H and O–H groups in total. The first-order valence-corrected chi connectivity index (χ1v) is 9.83. The van der Waals surface area contributed by atoms with Gasteiger partial charge < -0.3 is 4.74 Å². The zero-order valence-electron chi connectivity index (χ0n) is 14.5. The number of aromatic nitrogens is 4. The fourth-order valence-electron chi connectivity index (χ4n) is 3.71. The summed E-state index contributed by atoms with van der Waals surface area (Å²) in [6.07, 6.45) is 5.17. The predicted octanol–water partition coefficient (Wildman–Crippen LogP) is 4.79. The fraction of sp³-hybridized carbons (Fsp3) is 0.316. The van der Waals surface area contributed by atoms with Crippen molar-refractivity contribution < 1.29 is 4.74 Å². The molecular formula is C19H17ClN4OS. The molecule has 0 radical (unpaired) electrons.